The largest absolute Gasteiger partial charge is 0.497 e. The molecule has 0 fully saturated rings. The maximum Gasteiger partial charge on any atom is 0.119 e. The molecule has 0 N–H and O–H groups in total. The van der Waals surface area contributed by atoms with Crippen LogP contribution in [0.1, 0.15) is 5.56 Å². The minimum absolute atomic E-state index is 0.663. The van der Waals surface area contributed by atoms with Gasteiger partial charge >= 0.3 is 0 Å². The SMILES string of the molecule is COc1ccc(-c2ncccc2Cl)c(C)c1. The van der Waals surface area contributed by atoms with Crippen LogP contribution in [-0.4, -0.2) is 12.1 Å². The van der Waals surface area contributed by atoms with Crippen LogP contribution in [-0.2, 0) is 0 Å². The molecule has 1 heterocycles. The van der Waals surface area contributed by atoms with Gasteiger partial charge in [0, 0.05) is 11.8 Å². The predicted molar refractivity (Wildman–Crippen MR) is 66.0 cm³/mol. The van der Waals surface area contributed by atoms with Crippen molar-refractivity contribution in [2.24, 2.45) is 0 Å². The van der Waals surface area contributed by atoms with Crippen molar-refractivity contribution < 1.29 is 4.74 Å². The van der Waals surface area contributed by atoms with Gasteiger partial charge in [0.15, 0.2) is 0 Å². The van der Waals surface area contributed by atoms with E-state index in [0.717, 1.165) is 22.6 Å². The molecule has 0 amide bonds. The van der Waals surface area contributed by atoms with Crippen molar-refractivity contribution in [3.05, 3.63) is 47.1 Å². The van der Waals surface area contributed by atoms with E-state index < -0.39 is 0 Å². The molecule has 0 saturated carbocycles. The standard InChI is InChI=1S/C13H12ClNO/c1-9-8-10(16-2)5-6-11(9)13-12(14)4-3-7-15-13/h3-8H,1-2H3. The number of aryl methyl sites for hydroxylation is 1. The maximum absolute atomic E-state index is 6.11. The number of rotatable bonds is 2. The number of pyridine rings is 1. The smallest absolute Gasteiger partial charge is 0.119 e. The van der Waals surface area contributed by atoms with E-state index >= 15 is 0 Å². The third-order valence-corrected chi connectivity index (χ3v) is 2.75. The van der Waals surface area contributed by atoms with Crippen molar-refractivity contribution in [3.8, 4) is 17.0 Å². The molecule has 2 aromatic rings. The number of hydrogen-bond donors (Lipinski definition) is 0. The second kappa shape index (κ2) is 4.54. The second-order valence-electron chi connectivity index (χ2n) is 3.51. The number of halogens is 1. The second-order valence-corrected chi connectivity index (χ2v) is 3.92. The molecule has 0 atom stereocenters. The van der Waals surface area contributed by atoms with Gasteiger partial charge < -0.3 is 4.74 Å². The molecule has 1 aromatic carbocycles. The Morgan fingerprint density at radius 1 is 1.25 bits per heavy atom. The summed E-state index contributed by atoms with van der Waals surface area (Å²) in [6.07, 6.45) is 1.74. The van der Waals surface area contributed by atoms with Gasteiger partial charge in [-0.05, 0) is 42.8 Å². The number of aromatic nitrogens is 1. The summed E-state index contributed by atoms with van der Waals surface area (Å²) in [5.74, 6) is 0.841. The zero-order chi connectivity index (χ0) is 11.5. The number of benzene rings is 1. The summed E-state index contributed by atoms with van der Waals surface area (Å²) in [5, 5.41) is 0.663. The molecule has 0 spiro atoms. The van der Waals surface area contributed by atoms with E-state index in [2.05, 4.69) is 4.98 Å². The Balaban J connectivity index is 2.53. The molecule has 2 nitrogen and oxygen atoms in total. The molecular formula is C13H12ClNO. The first-order valence-electron chi connectivity index (χ1n) is 4.98. The fourth-order valence-corrected chi connectivity index (χ4v) is 1.84. The lowest BCUT2D eigenvalue weighted by Crippen LogP contribution is -1.90. The highest BCUT2D eigenvalue weighted by Crippen LogP contribution is 2.29. The van der Waals surface area contributed by atoms with Crippen molar-refractivity contribution in [2.45, 2.75) is 6.92 Å². The molecule has 0 aliphatic rings. The van der Waals surface area contributed by atoms with Gasteiger partial charge in [-0.25, -0.2) is 0 Å². The highest BCUT2D eigenvalue weighted by Gasteiger charge is 2.07. The van der Waals surface area contributed by atoms with E-state index in [0.29, 0.717) is 5.02 Å². The Kier molecular flexibility index (Phi) is 3.11. The quantitative estimate of drug-likeness (QED) is 0.789. The maximum atomic E-state index is 6.11. The van der Waals surface area contributed by atoms with Crippen molar-refractivity contribution in [2.75, 3.05) is 7.11 Å². The van der Waals surface area contributed by atoms with E-state index in [1.165, 1.54) is 0 Å². The minimum Gasteiger partial charge on any atom is -0.497 e. The van der Waals surface area contributed by atoms with E-state index in [1.807, 2.05) is 37.3 Å². The Labute approximate surface area is 99.9 Å². The van der Waals surface area contributed by atoms with E-state index in [-0.39, 0.29) is 0 Å². The molecule has 0 aliphatic carbocycles. The van der Waals surface area contributed by atoms with Crippen molar-refractivity contribution in [1.29, 1.82) is 0 Å². The minimum atomic E-state index is 0.663. The molecule has 0 saturated heterocycles. The lowest BCUT2D eigenvalue weighted by Gasteiger charge is -2.08. The lowest BCUT2D eigenvalue weighted by molar-refractivity contribution is 0.414. The van der Waals surface area contributed by atoms with Crippen LogP contribution < -0.4 is 4.74 Å². The molecule has 2 rings (SSSR count). The van der Waals surface area contributed by atoms with E-state index in [9.17, 15) is 0 Å². The van der Waals surface area contributed by atoms with Crippen LogP contribution in [0.5, 0.6) is 5.75 Å². The van der Waals surface area contributed by atoms with Crippen LogP contribution >= 0.6 is 11.6 Å². The van der Waals surface area contributed by atoms with Gasteiger partial charge in [-0.2, -0.15) is 0 Å². The van der Waals surface area contributed by atoms with Crippen LogP contribution in [0.4, 0.5) is 0 Å². The van der Waals surface area contributed by atoms with Crippen LogP contribution in [0.25, 0.3) is 11.3 Å². The van der Waals surface area contributed by atoms with Gasteiger partial charge in [0.2, 0.25) is 0 Å². The zero-order valence-electron chi connectivity index (χ0n) is 9.20. The van der Waals surface area contributed by atoms with Gasteiger partial charge in [-0.3, -0.25) is 4.98 Å². The summed E-state index contributed by atoms with van der Waals surface area (Å²) in [7, 11) is 1.65. The third kappa shape index (κ3) is 2.02. The average molecular weight is 234 g/mol. The van der Waals surface area contributed by atoms with Gasteiger partial charge in [0.25, 0.3) is 0 Å². The molecule has 0 aliphatic heterocycles. The first-order chi connectivity index (χ1) is 7.72. The molecular weight excluding hydrogens is 222 g/mol. The fraction of sp³-hybridized carbons (Fsp3) is 0.154. The molecule has 0 unspecified atom stereocenters. The zero-order valence-corrected chi connectivity index (χ0v) is 9.95. The summed E-state index contributed by atoms with van der Waals surface area (Å²) >= 11 is 6.11. The monoisotopic (exact) mass is 233 g/mol. The number of hydrogen-bond acceptors (Lipinski definition) is 2. The highest BCUT2D eigenvalue weighted by molar-refractivity contribution is 6.33. The molecule has 16 heavy (non-hydrogen) atoms. The van der Waals surface area contributed by atoms with Gasteiger partial charge in [0.1, 0.15) is 5.75 Å². The Morgan fingerprint density at radius 3 is 2.69 bits per heavy atom. The summed E-state index contributed by atoms with van der Waals surface area (Å²) in [4.78, 5) is 4.29. The summed E-state index contributed by atoms with van der Waals surface area (Å²) in [6.45, 7) is 2.02. The molecule has 3 heteroatoms. The molecule has 0 radical (unpaired) electrons. The van der Waals surface area contributed by atoms with E-state index in [1.54, 1.807) is 13.3 Å². The van der Waals surface area contributed by atoms with Gasteiger partial charge in [-0.15, -0.1) is 0 Å². The van der Waals surface area contributed by atoms with Crippen LogP contribution in [0.3, 0.4) is 0 Å². The predicted octanol–water partition coefficient (Wildman–Crippen LogP) is 3.72. The van der Waals surface area contributed by atoms with Gasteiger partial charge in [-0.1, -0.05) is 11.6 Å². The van der Waals surface area contributed by atoms with Crippen LogP contribution in [0, 0.1) is 6.92 Å². The molecule has 82 valence electrons. The van der Waals surface area contributed by atoms with Crippen LogP contribution in [0.15, 0.2) is 36.5 Å². The summed E-state index contributed by atoms with van der Waals surface area (Å²) in [6, 6.07) is 9.52. The third-order valence-electron chi connectivity index (χ3n) is 2.45. The first kappa shape index (κ1) is 11.0. The Bertz CT molecular complexity index is 511. The van der Waals surface area contributed by atoms with Crippen molar-refractivity contribution in [3.63, 3.8) is 0 Å². The number of nitrogens with zero attached hydrogens (tertiary/aromatic N) is 1. The van der Waals surface area contributed by atoms with Crippen molar-refractivity contribution >= 4 is 11.6 Å². The lowest BCUT2D eigenvalue weighted by atomic mass is 10.0. The normalized spacial score (nSPS) is 10.2. The fourth-order valence-electron chi connectivity index (χ4n) is 1.61. The van der Waals surface area contributed by atoms with E-state index in [4.69, 9.17) is 16.3 Å². The highest BCUT2D eigenvalue weighted by atomic mass is 35.5. The van der Waals surface area contributed by atoms with Crippen molar-refractivity contribution in [1.82, 2.24) is 4.98 Å². The number of ether oxygens (including phenoxy) is 1. The average Bonchev–Trinajstić information content (AvgIpc) is 2.30. The Morgan fingerprint density at radius 2 is 2.06 bits per heavy atom. The topological polar surface area (TPSA) is 22.1 Å². The first-order valence-corrected chi connectivity index (χ1v) is 5.35. The van der Waals surface area contributed by atoms with Crippen LogP contribution in [0.2, 0.25) is 5.02 Å². The number of methoxy groups -OCH3 is 1. The summed E-state index contributed by atoms with van der Waals surface area (Å²) < 4.78 is 5.16. The molecule has 1 aromatic heterocycles. The Hall–Kier alpha value is -1.54. The summed E-state index contributed by atoms with van der Waals surface area (Å²) in [5.41, 5.74) is 2.94. The molecule has 0 bridgehead atoms. The van der Waals surface area contributed by atoms with Gasteiger partial charge in [0.05, 0.1) is 17.8 Å².